The summed E-state index contributed by atoms with van der Waals surface area (Å²) < 4.78 is 5.24. The van der Waals surface area contributed by atoms with Crippen molar-refractivity contribution in [2.45, 2.75) is 43.8 Å². The molecule has 0 aliphatic carbocycles. The molecule has 2 atom stereocenters. The number of aliphatic hydroxyl groups excluding tert-OH is 1. The van der Waals surface area contributed by atoms with Crippen LogP contribution in [0.1, 0.15) is 25.7 Å². The van der Waals surface area contributed by atoms with Crippen LogP contribution in [-0.2, 0) is 4.74 Å². The number of piperidine rings is 1. The Kier molecular flexibility index (Phi) is 4.58. The molecule has 2 aliphatic rings. The monoisotopic (exact) mass is 228 g/mol. The second-order valence-electron chi connectivity index (χ2n) is 5.01. The molecule has 2 fully saturated rings. The first kappa shape index (κ1) is 12.3. The Labute approximate surface area is 98.0 Å². The van der Waals surface area contributed by atoms with Crippen LogP contribution in [0.2, 0.25) is 0 Å². The highest BCUT2D eigenvalue weighted by Crippen LogP contribution is 2.33. The van der Waals surface area contributed by atoms with Crippen LogP contribution in [0.5, 0.6) is 0 Å². The third-order valence-electron chi connectivity index (χ3n) is 4.01. The number of ether oxygens (including phenoxy) is 1. The van der Waals surface area contributed by atoms with Gasteiger partial charge in [-0.3, -0.25) is 0 Å². The van der Waals surface area contributed by atoms with Gasteiger partial charge in [0.2, 0.25) is 0 Å². The maximum absolute atomic E-state index is 8.57. The summed E-state index contributed by atoms with van der Waals surface area (Å²) in [5.41, 5.74) is 0. The molecule has 0 radical (unpaired) electrons. The van der Waals surface area contributed by atoms with Crippen molar-refractivity contribution in [3.05, 3.63) is 0 Å². The van der Waals surface area contributed by atoms with Crippen molar-refractivity contribution in [3.63, 3.8) is 0 Å². The van der Waals surface area contributed by atoms with Gasteiger partial charge in [0, 0.05) is 24.7 Å². The molecule has 2 saturated heterocycles. The van der Waals surface area contributed by atoms with Crippen LogP contribution in [0.15, 0.2) is 0 Å². The lowest BCUT2D eigenvalue weighted by molar-refractivity contribution is 0.0876. The minimum atomic E-state index is 0.123. The fourth-order valence-corrected chi connectivity index (χ4v) is 3.08. The first-order valence-electron chi connectivity index (χ1n) is 6.45. The van der Waals surface area contributed by atoms with Gasteiger partial charge >= 0.3 is 0 Å². The zero-order valence-corrected chi connectivity index (χ0v) is 10.2. The smallest absolute Gasteiger partial charge is 0.0698 e. The molecule has 0 amide bonds. The molecule has 2 bridgehead atoms. The Morgan fingerprint density at radius 2 is 1.94 bits per heavy atom. The number of hydrogen-bond donors (Lipinski definition) is 2. The van der Waals surface area contributed by atoms with Crippen LogP contribution >= 0.6 is 0 Å². The number of fused-ring (bicyclic) bond motifs is 2. The van der Waals surface area contributed by atoms with Crippen molar-refractivity contribution >= 4 is 0 Å². The molecule has 2 N–H and O–H groups in total. The fraction of sp³-hybridized carbons (Fsp3) is 1.00. The van der Waals surface area contributed by atoms with Crippen LogP contribution in [0.25, 0.3) is 0 Å². The highest BCUT2D eigenvalue weighted by atomic mass is 16.5. The summed E-state index contributed by atoms with van der Waals surface area (Å²) >= 11 is 0. The summed E-state index contributed by atoms with van der Waals surface area (Å²) in [6.45, 7) is 2.20. The molecule has 2 unspecified atom stereocenters. The number of aliphatic hydroxyl groups is 1. The van der Waals surface area contributed by atoms with Gasteiger partial charge in [-0.1, -0.05) is 0 Å². The maximum Gasteiger partial charge on any atom is 0.0698 e. The fourth-order valence-electron chi connectivity index (χ4n) is 3.08. The van der Waals surface area contributed by atoms with Crippen molar-refractivity contribution in [1.29, 1.82) is 0 Å². The topological polar surface area (TPSA) is 44.7 Å². The van der Waals surface area contributed by atoms with E-state index in [1.165, 1.54) is 25.7 Å². The molecule has 4 heteroatoms. The van der Waals surface area contributed by atoms with E-state index >= 15 is 0 Å². The van der Waals surface area contributed by atoms with E-state index in [1.54, 1.807) is 0 Å². The first-order chi connectivity index (χ1) is 7.81. The lowest BCUT2D eigenvalue weighted by Gasteiger charge is -2.36. The largest absolute Gasteiger partial charge is 0.394 e. The van der Waals surface area contributed by atoms with E-state index in [2.05, 4.69) is 17.3 Å². The number of hydrogen-bond acceptors (Lipinski definition) is 4. The van der Waals surface area contributed by atoms with Gasteiger partial charge in [-0.05, 0) is 32.7 Å². The second kappa shape index (κ2) is 5.96. The van der Waals surface area contributed by atoms with Crippen LogP contribution < -0.4 is 5.32 Å². The van der Waals surface area contributed by atoms with E-state index in [4.69, 9.17) is 9.84 Å². The Bertz CT molecular complexity index is 199. The standard InChI is InChI=1S/C12H24N2O2/c1-14-11-2-3-12(14)9-10(8-11)13-4-6-16-7-5-15/h10-13,15H,2-9H2,1H3. The van der Waals surface area contributed by atoms with Crippen LogP contribution in [0, 0.1) is 0 Å². The van der Waals surface area contributed by atoms with Crippen molar-refractivity contribution in [2.75, 3.05) is 33.4 Å². The summed E-state index contributed by atoms with van der Waals surface area (Å²) in [7, 11) is 2.27. The normalized spacial score (nSPS) is 34.5. The summed E-state index contributed by atoms with van der Waals surface area (Å²) in [4.78, 5) is 2.56. The Balaban J connectivity index is 1.61. The van der Waals surface area contributed by atoms with Crippen molar-refractivity contribution in [2.24, 2.45) is 0 Å². The number of rotatable bonds is 6. The van der Waals surface area contributed by atoms with E-state index in [0.29, 0.717) is 19.3 Å². The quantitative estimate of drug-likeness (QED) is 0.638. The van der Waals surface area contributed by atoms with E-state index in [-0.39, 0.29) is 6.61 Å². The molecule has 4 nitrogen and oxygen atoms in total. The zero-order chi connectivity index (χ0) is 11.4. The average molecular weight is 228 g/mol. The van der Waals surface area contributed by atoms with E-state index in [9.17, 15) is 0 Å². The third kappa shape index (κ3) is 2.94. The van der Waals surface area contributed by atoms with Crippen LogP contribution in [0.4, 0.5) is 0 Å². The predicted octanol–water partition coefficient (Wildman–Crippen LogP) is 0.210. The molecule has 2 aliphatic heterocycles. The highest BCUT2D eigenvalue weighted by molar-refractivity contribution is 4.95. The lowest BCUT2D eigenvalue weighted by atomic mass is 9.98. The molecule has 2 rings (SSSR count). The summed E-state index contributed by atoms with van der Waals surface area (Å²) in [5, 5.41) is 12.1. The average Bonchev–Trinajstić information content (AvgIpc) is 2.54. The second-order valence-corrected chi connectivity index (χ2v) is 5.01. The van der Waals surface area contributed by atoms with Gasteiger partial charge in [0.05, 0.1) is 19.8 Å². The first-order valence-corrected chi connectivity index (χ1v) is 6.45. The van der Waals surface area contributed by atoms with E-state index < -0.39 is 0 Å². The molecule has 0 aromatic heterocycles. The minimum Gasteiger partial charge on any atom is -0.394 e. The zero-order valence-electron chi connectivity index (χ0n) is 10.2. The summed E-state index contributed by atoms with van der Waals surface area (Å²) in [6.07, 6.45) is 5.32. The number of nitrogens with one attached hydrogen (secondary N) is 1. The predicted molar refractivity (Wildman–Crippen MR) is 63.5 cm³/mol. The third-order valence-corrected chi connectivity index (χ3v) is 4.01. The highest BCUT2D eigenvalue weighted by Gasteiger charge is 2.37. The lowest BCUT2D eigenvalue weighted by Crippen LogP contribution is -2.47. The van der Waals surface area contributed by atoms with Gasteiger partial charge in [-0.2, -0.15) is 0 Å². The maximum atomic E-state index is 8.57. The molecule has 0 spiro atoms. The minimum absolute atomic E-state index is 0.123. The molecule has 16 heavy (non-hydrogen) atoms. The summed E-state index contributed by atoms with van der Waals surface area (Å²) in [5.74, 6) is 0. The van der Waals surface area contributed by atoms with Gasteiger partial charge in [-0.25, -0.2) is 0 Å². The van der Waals surface area contributed by atoms with Gasteiger partial charge in [0.15, 0.2) is 0 Å². The molecular weight excluding hydrogens is 204 g/mol. The van der Waals surface area contributed by atoms with Gasteiger partial charge < -0.3 is 20.1 Å². The molecule has 0 saturated carbocycles. The molecular formula is C12H24N2O2. The SMILES string of the molecule is CN1C2CCC1CC(NCCOCCO)C2. The van der Waals surface area contributed by atoms with E-state index in [0.717, 1.165) is 18.6 Å². The van der Waals surface area contributed by atoms with Gasteiger partial charge in [0.25, 0.3) is 0 Å². The Morgan fingerprint density at radius 1 is 1.25 bits per heavy atom. The Morgan fingerprint density at radius 3 is 2.56 bits per heavy atom. The molecule has 2 heterocycles. The van der Waals surface area contributed by atoms with E-state index in [1.807, 2.05) is 0 Å². The van der Waals surface area contributed by atoms with Gasteiger partial charge in [0.1, 0.15) is 0 Å². The summed E-state index contributed by atoms with van der Waals surface area (Å²) in [6, 6.07) is 2.27. The molecule has 94 valence electrons. The van der Waals surface area contributed by atoms with Crippen molar-refractivity contribution < 1.29 is 9.84 Å². The molecule has 0 aromatic carbocycles. The Hall–Kier alpha value is -0.160. The van der Waals surface area contributed by atoms with Gasteiger partial charge in [-0.15, -0.1) is 0 Å². The van der Waals surface area contributed by atoms with Crippen molar-refractivity contribution in [3.8, 4) is 0 Å². The van der Waals surface area contributed by atoms with Crippen molar-refractivity contribution in [1.82, 2.24) is 10.2 Å². The number of nitrogens with zero attached hydrogens (tertiary/aromatic N) is 1. The van der Waals surface area contributed by atoms with Crippen LogP contribution in [-0.4, -0.2) is 61.5 Å². The molecule has 0 aromatic rings. The van der Waals surface area contributed by atoms with Crippen LogP contribution in [0.3, 0.4) is 0 Å².